The Bertz CT molecular complexity index is 832. The lowest BCUT2D eigenvalue weighted by molar-refractivity contribution is -0.123. The van der Waals surface area contributed by atoms with E-state index in [2.05, 4.69) is 5.32 Å². The van der Waals surface area contributed by atoms with Gasteiger partial charge in [0.1, 0.15) is 5.69 Å². The maximum atomic E-state index is 12.2. The molecule has 1 N–H and O–H groups in total. The summed E-state index contributed by atoms with van der Waals surface area (Å²) in [7, 11) is 5.93. The highest BCUT2D eigenvalue weighted by molar-refractivity contribution is 6.04. The first-order valence-electron chi connectivity index (χ1n) is 7.83. The van der Waals surface area contributed by atoms with Crippen LogP contribution in [0.1, 0.15) is 20.8 Å². The fraction of sp³-hybridized carbons (Fsp3) is 0.278. The summed E-state index contributed by atoms with van der Waals surface area (Å²) in [6.07, 6.45) is 1.67. The molecule has 0 atom stereocenters. The van der Waals surface area contributed by atoms with Gasteiger partial charge in [-0.3, -0.25) is 14.9 Å². The Morgan fingerprint density at radius 2 is 1.67 bits per heavy atom. The average molecular weight is 376 g/mol. The third-order valence-electron chi connectivity index (χ3n) is 3.66. The number of rotatable bonds is 7. The molecular weight excluding hydrogens is 356 g/mol. The van der Waals surface area contributed by atoms with Crippen LogP contribution in [0, 0.1) is 0 Å². The molecule has 0 radical (unpaired) electrons. The summed E-state index contributed by atoms with van der Waals surface area (Å²) in [5.74, 6) is -1.25. The zero-order valence-corrected chi connectivity index (χ0v) is 15.4. The van der Waals surface area contributed by atoms with Gasteiger partial charge in [0.2, 0.25) is 5.75 Å². The van der Waals surface area contributed by atoms with E-state index in [1.807, 2.05) is 0 Å². The number of nitrogens with zero attached hydrogens (tertiary/aromatic N) is 1. The van der Waals surface area contributed by atoms with Crippen molar-refractivity contribution in [1.82, 2.24) is 9.88 Å². The fourth-order valence-corrected chi connectivity index (χ4v) is 2.34. The predicted molar refractivity (Wildman–Crippen MR) is 94.3 cm³/mol. The van der Waals surface area contributed by atoms with Crippen LogP contribution in [0.5, 0.6) is 17.2 Å². The van der Waals surface area contributed by atoms with Crippen molar-refractivity contribution in [2.24, 2.45) is 7.05 Å². The van der Waals surface area contributed by atoms with Crippen molar-refractivity contribution >= 4 is 17.8 Å². The zero-order valence-electron chi connectivity index (χ0n) is 15.4. The van der Waals surface area contributed by atoms with Crippen molar-refractivity contribution < 1.29 is 33.3 Å². The number of aryl methyl sites for hydroxylation is 1. The standard InChI is InChI=1S/C18H20N2O7/c1-20-7-5-6-12(20)17(22)19-15(21)10-27-18(23)11-8-13(24-2)16(26-4)14(9-11)25-3/h5-9H,10H2,1-4H3,(H,19,21,22). The molecule has 0 aliphatic carbocycles. The minimum absolute atomic E-state index is 0.103. The van der Waals surface area contributed by atoms with E-state index in [1.54, 1.807) is 29.9 Å². The van der Waals surface area contributed by atoms with Crippen LogP contribution >= 0.6 is 0 Å². The van der Waals surface area contributed by atoms with Gasteiger partial charge in [-0.25, -0.2) is 4.79 Å². The van der Waals surface area contributed by atoms with E-state index in [0.29, 0.717) is 11.4 Å². The molecule has 2 aromatic rings. The molecule has 0 fully saturated rings. The first kappa shape index (κ1) is 19.8. The van der Waals surface area contributed by atoms with E-state index >= 15 is 0 Å². The van der Waals surface area contributed by atoms with Crippen molar-refractivity contribution in [3.8, 4) is 17.2 Å². The number of benzene rings is 1. The summed E-state index contributed by atoms with van der Waals surface area (Å²) < 4.78 is 22.0. The predicted octanol–water partition coefficient (Wildman–Crippen LogP) is 1.16. The van der Waals surface area contributed by atoms with Gasteiger partial charge >= 0.3 is 5.97 Å². The molecule has 27 heavy (non-hydrogen) atoms. The molecule has 9 nitrogen and oxygen atoms in total. The number of carbonyl (C=O) groups is 3. The first-order chi connectivity index (χ1) is 12.9. The maximum absolute atomic E-state index is 12.2. The molecule has 0 bridgehead atoms. The van der Waals surface area contributed by atoms with Crippen LogP contribution in [0.4, 0.5) is 0 Å². The highest BCUT2D eigenvalue weighted by Gasteiger charge is 2.19. The minimum atomic E-state index is -0.782. The number of hydrogen-bond acceptors (Lipinski definition) is 7. The van der Waals surface area contributed by atoms with Crippen molar-refractivity contribution in [3.05, 3.63) is 41.7 Å². The van der Waals surface area contributed by atoms with Gasteiger partial charge in [0.25, 0.3) is 11.8 Å². The number of hydrogen-bond donors (Lipinski definition) is 1. The molecule has 0 saturated carbocycles. The van der Waals surface area contributed by atoms with E-state index in [9.17, 15) is 14.4 Å². The highest BCUT2D eigenvalue weighted by atomic mass is 16.5. The summed E-state index contributed by atoms with van der Waals surface area (Å²) in [6.45, 7) is -0.619. The lowest BCUT2D eigenvalue weighted by Gasteiger charge is -2.13. The summed E-state index contributed by atoms with van der Waals surface area (Å²) in [5, 5.41) is 2.15. The molecule has 2 amide bonds. The Hall–Kier alpha value is -3.49. The Balaban J connectivity index is 2.02. The van der Waals surface area contributed by atoms with Gasteiger partial charge in [-0.15, -0.1) is 0 Å². The number of ether oxygens (including phenoxy) is 4. The van der Waals surface area contributed by atoms with E-state index in [4.69, 9.17) is 18.9 Å². The van der Waals surface area contributed by atoms with Gasteiger partial charge in [-0.1, -0.05) is 0 Å². The number of carbonyl (C=O) groups excluding carboxylic acids is 3. The molecule has 144 valence electrons. The molecule has 0 aliphatic heterocycles. The molecule has 1 aromatic heterocycles. The minimum Gasteiger partial charge on any atom is -0.493 e. The van der Waals surface area contributed by atoms with E-state index in [1.165, 1.54) is 33.5 Å². The Morgan fingerprint density at radius 1 is 1.04 bits per heavy atom. The monoisotopic (exact) mass is 376 g/mol. The maximum Gasteiger partial charge on any atom is 0.338 e. The Labute approximate surface area is 155 Å². The second-order valence-electron chi connectivity index (χ2n) is 5.37. The topological polar surface area (TPSA) is 105 Å². The third-order valence-corrected chi connectivity index (χ3v) is 3.66. The van der Waals surface area contributed by atoms with E-state index < -0.39 is 24.4 Å². The molecule has 0 saturated heterocycles. The molecule has 1 heterocycles. The van der Waals surface area contributed by atoms with Crippen molar-refractivity contribution in [1.29, 1.82) is 0 Å². The number of aromatic nitrogens is 1. The van der Waals surface area contributed by atoms with Gasteiger partial charge in [0, 0.05) is 13.2 Å². The van der Waals surface area contributed by atoms with Gasteiger partial charge in [0.05, 0.1) is 26.9 Å². The van der Waals surface area contributed by atoms with Crippen LogP contribution in [-0.4, -0.2) is 50.3 Å². The Kier molecular flexibility index (Phi) is 6.42. The van der Waals surface area contributed by atoms with Gasteiger partial charge in [-0.2, -0.15) is 0 Å². The molecule has 1 aromatic carbocycles. The number of methoxy groups -OCH3 is 3. The summed E-state index contributed by atoms with van der Waals surface area (Å²) in [4.78, 5) is 36.0. The largest absolute Gasteiger partial charge is 0.493 e. The fourth-order valence-electron chi connectivity index (χ4n) is 2.34. The van der Waals surface area contributed by atoms with Gasteiger partial charge < -0.3 is 23.5 Å². The van der Waals surface area contributed by atoms with Gasteiger partial charge in [0.15, 0.2) is 18.1 Å². The van der Waals surface area contributed by atoms with Crippen LogP contribution in [0.15, 0.2) is 30.5 Å². The van der Waals surface area contributed by atoms with Gasteiger partial charge in [-0.05, 0) is 24.3 Å². The molecule has 2 rings (SSSR count). The van der Waals surface area contributed by atoms with E-state index in [-0.39, 0.29) is 17.1 Å². The van der Waals surface area contributed by atoms with Crippen molar-refractivity contribution in [3.63, 3.8) is 0 Å². The number of nitrogens with one attached hydrogen (secondary N) is 1. The summed E-state index contributed by atoms with van der Waals surface area (Å²) >= 11 is 0. The third kappa shape index (κ3) is 4.57. The molecule has 9 heteroatoms. The van der Waals surface area contributed by atoms with Crippen molar-refractivity contribution in [2.45, 2.75) is 0 Å². The number of amides is 2. The number of imide groups is 1. The second-order valence-corrected chi connectivity index (χ2v) is 5.37. The molecular formula is C18H20N2O7. The van der Waals surface area contributed by atoms with Crippen LogP contribution in [0.3, 0.4) is 0 Å². The average Bonchev–Trinajstić information content (AvgIpc) is 3.10. The lowest BCUT2D eigenvalue weighted by Crippen LogP contribution is -2.35. The molecule has 0 unspecified atom stereocenters. The van der Waals surface area contributed by atoms with Crippen molar-refractivity contribution in [2.75, 3.05) is 27.9 Å². The van der Waals surface area contributed by atoms with E-state index in [0.717, 1.165) is 0 Å². The first-order valence-corrected chi connectivity index (χ1v) is 7.83. The lowest BCUT2D eigenvalue weighted by atomic mass is 10.2. The second kappa shape index (κ2) is 8.75. The summed E-state index contributed by atoms with van der Waals surface area (Å²) in [6, 6.07) is 6.03. The highest BCUT2D eigenvalue weighted by Crippen LogP contribution is 2.38. The zero-order chi connectivity index (χ0) is 20.0. The van der Waals surface area contributed by atoms with Crippen LogP contribution in [-0.2, 0) is 16.6 Å². The quantitative estimate of drug-likeness (QED) is 0.723. The number of esters is 1. The molecule has 0 aliphatic rings. The smallest absolute Gasteiger partial charge is 0.338 e. The normalized spacial score (nSPS) is 10.1. The van der Waals surface area contributed by atoms with Crippen LogP contribution in [0.25, 0.3) is 0 Å². The van der Waals surface area contributed by atoms with Crippen LogP contribution in [0.2, 0.25) is 0 Å². The summed E-state index contributed by atoms with van der Waals surface area (Å²) in [5.41, 5.74) is 0.408. The SMILES string of the molecule is COc1cc(C(=O)OCC(=O)NC(=O)c2cccn2C)cc(OC)c1OC. The Morgan fingerprint density at radius 3 is 2.15 bits per heavy atom. The van der Waals surface area contributed by atoms with Crippen LogP contribution < -0.4 is 19.5 Å². The molecule has 0 spiro atoms.